The fourth-order valence-corrected chi connectivity index (χ4v) is 3.02. The molecule has 0 aliphatic rings. The summed E-state index contributed by atoms with van der Waals surface area (Å²) in [7, 11) is 0. The molecule has 176 valence electrons. The number of hydrogen-bond donors (Lipinski definition) is 1. The number of halogens is 5. The van der Waals surface area contributed by atoms with Crippen LogP contribution in [0.3, 0.4) is 0 Å². The highest BCUT2D eigenvalue weighted by Crippen LogP contribution is 2.29. The first-order valence-electron chi connectivity index (χ1n) is 9.85. The zero-order valence-electron chi connectivity index (χ0n) is 17.5. The Morgan fingerprint density at radius 3 is 2.29 bits per heavy atom. The summed E-state index contributed by atoms with van der Waals surface area (Å²) in [5, 5.41) is 6.76. The quantitative estimate of drug-likeness (QED) is 0.221. The summed E-state index contributed by atoms with van der Waals surface area (Å²) in [6, 6.07) is 10.4. The van der Waals surface area contributed by atoms with Crippen LogP contribution in [0, 0.1) is 36.0 Å². The molecule has 0 fully saturated rings. The summed E-state index contributed by atoms with van der Waals surface area (Å²) in [6.07, 6.45) is 3.07. The molecule has 1 amide bonds. The molecule has 0 saturated carbocycles. The number of benzene rings is 2. The van der Waals surface area contributed by atoms with Gasteiger partial charge in [0, 0.05) is 6.20 Å². The second-order valence-corrected chi connectivity index (χ2v) is 7.32. The number of carbonyl (C=O) groups is 1. The predicted molar refractivity (Wildman–Crippen MR) is 110 cm³/mol. The average Bonchev–Trinajstić information content (AvgIpc) is 3.47. The Bertz CT molecular complexity index is 1320. The van der Waals surface area contributed by atoms with Crippen molar-refractivity contribution in [3.05, 3.63) is 101 Å². The van der Waals surface area contributed by atoms with Gasteiger partial charge in [-0.2, -0.15) is 13.9 Å². The van der Waals surface area contributed by atoms with Crippen molar-refractivity contribution in [1.29, 1.82) is 0 Å². The molecule has 0 radical (unpaired) electrons. The van der Waals surface area contributed by atoms with E-state index in [1.807, 2.05) is 31.2 Å². The highest BCUT2D eigenvalue weighted by molar-refractivity contribution is 6.02. The van der Waals surface area contributed by atoms with Crippen LogP contribution < -0.4 is 10.1 Å². The van der Waals surface area contributed by atoms with Crippen molar-refractivity contribution in [2.75, 3.05) is 5.32 Å². The van der Waals surface area contributed by atoms with Crippen molar-refractivity contribution < 1.29 is 35.9 Å². The smallest absolute Gasteiger partial charge is 0.291 e. The van der Waals surface area contributed by atoms with E-state index in [1.165, 1.54) is 18.3 Å². The Labute approximate surface area is 189 Å². The van der Waals surface area contributed by atoms with Gasteiger partial charge in [0.05, 0.1) is 18.4 Å². The summed E-state index contributed by atoms with van der Waals surface area (Å²) >= 11 is 0. The van der Waals surface area contributed by atoms with Crippen molar-refractivity contribution >= 4 is 11.6 Å². The van der Waals surface area contributed by atoms with Gasteiger partial charge in [-0.25, -0.2) is 13.2 Å². The van der Waals surface area contributed by atoms with Crippen LogP contribution in [0.25, 0.3) is 0 Å². The summed E-state index contributed by atoms with van der Waals surface area (Å²) in [6.45, 7) is 1.80. The highest BCUT2D eigenvalue weighted by Gasteiger charge is 2.27. The molecular formula is C23H16F5N3O3. The van der Waals surface area contributed by atoms with E-state index in [2.05, 4.69) is 10.4 Å². The molecule has 0 saturated heterocycles. The van der Waals surface area contributed by atoms with Gasteiger partial charge in [0.15, 0.2) is 11.5 Å². The lowest BCUT2D eigenvalue weighted by molar-refractivity contribution is 0.0992. The Hall–Kier alpha value is -4.15. The molecule has 1 N–H and O–H groups in total. The van der Waals surface area contributed by atoms with E-state index in [9.17, 15) is 26.7 Å². The minimum atomic E-state index is -2.29. The van der Waals surface area contributed by atoms with Gasteiger partial charge >= 0.3 is 0 Å². The van der Waals surface area contributed by atoms with Crippen LogP contribution >= 0.6 is 0 Å². The molecule has 0 aliphatic carbocycles. The van der Waals surface area contributed by atoms with Gasteiger partial charge < -0.3 is 14.5 Å². The largest absolute Gasteiger partial charge is 0.479 e. The van der Waals surface area contributed by atoms with Gasteiger partial charge in [0.25, 0.3) is 5.91 Å². The summed E-state index contributed by atoms with van der Waals surface area (Å²) in [5.74, 6) is -13.1. The van der Waals surface area contributed by atoms with Gasteiger partial charge in [-0.1, -0.05) is 29.8 Å². The number of aromatic nitrogens is 2. The van der Waals surface area contributed by atoms with Crippen LogP contribution in [0.1, 0.15) is 27.4 Å². The molecule has 0 aliphatic heterocycles. The van der Waals surface area contributed by atoms with Crippen LogP contribution in [0.2, 0.25) is 0 Å². The van der Waals surface area contributed by atoms with E-state index in [-0.39, 0.29) is 11.5 Å². The van der Waals surface area contributed by atoms with Gasteiger partial charge in [-0.15, -0.1) is 0 Å². The Kier molecular flexibility index (Phi) is 6.35. The van der Waals surface area contributed by atoms with E-state index in [1.54, 1.807) is 10.9 Å². The van der Waals surface area contributed by atoms with Crippen molar-refractivity contribution in [3.63, 3.8) is 0 Å². The minimum absolute atomic E-state index is 0.0795. The maximum atomic E-state index is 13.7. The Balaban J connectivity index is 1.38. The number of ether oxygens (including phenoxy) is 1. The third-order valence-corrected chi connectivity index (χ3v) is 4.77. The van der Waals surface area contributed by atoms with Crippen LogP contribution in [0.15, 0.2) is 53.2 Å². The molecule has 0 bridgehead atoms. The van der Waals surface area contributed by atoms with Gasteiger partial charge in [0.2, 0.25) is 29.1 Å². The molecule has 0 spiro atoms. The number of aryl methyl sites for hydroxylation is 1. The lowest BCUT2D eigenvalue weighted by Crippen LogP contribution is -2.10. The van der Waals surface area contributed by atoms with Crippen molar-refractivity contribution in [2.24, 2.45) is 0 Å². The molecule has 4 rings (SSSR count). The van der Waals surface area contributed by atoms with E-state index >= 15 is 0 Å². The number of carbonyl (C=O) groups excluding carboxylic acids is 1. The third kappa shape index (κ3) is 4.77. The first-order valence-corrected chi connectivity index (χ1v) is 9.85. The topological polar surface area (TPSA) is 69.3 Å². The fourth-order valence-electron chi connectivity index (χ4n) is 3.02. The maximum Gasteiger partial charge on any atom is 0.291 e. The van der Waals surface area contributed by atoms with Crippen LogP contribution in [0.4, 0.5) is 27.6 Å². The molecule has 11 heteroatoms. The number of amides is 1. The van der Waals surface area contributed by atoms with Crippen molar-refractivity contribution in [2.45, 2.75) is 20.1 Å². The van der Waals surface area contributed by atoms with Crippen molar-refractivity contribution in [1.82, 2.24) is 9.78 Å². The zero-order valence-corrected chi connectivity index (χ0v) is 17.5. The van der Waals surface area contributed by atoms with Gasteiger partial charge in [-0.3, -0.25) is 9.48 Å². The number of nitrogens with zero attached hydrogens (tertiary/aromatic N) is 2. The van der Waals surface area contributed by atoms with E-state index in [0.717, 1.165) is 11.1 Å². The SMILES string of the molecule is Cc1ccc(Cn2cc(NC(=O)c3ccc(COc4c(F)c(F)c(F)c(F)c4F)o3)cn2)cc1. The molecule has 6 nitrogen and oxygen atoms in total. The van der Waals surface area contributed by atoms with E-state index in [4.69, 9.17) is 9.15 Å². The predicted octanol–water partition coefficient (Wildman–Crippen LogP) is 5.36. The molecule has 34 heavy (non-hydrogen) atoms. The second-order valence-electron chi connectivity index (χ2n) is 7.32. The van der Waals surface area contributed by atoms with Crippen molar-refractivity contribution in [3.8, 4) is 5.75 Å². The molecule has 2 heterocycles. The Morgan fingerprint density at radius 1 is 0.971 bits per heavy atom. The third-order valence-electron chi connectivity index (χ3n) is 4.77. The standard InChI is InChI=1S/C23H16F5N3O3/c1-12-2-4-13(5-3-12)9-31-10-14(8-29-31)30-23(32)16-7-6-15(34-16)11-33-22-20(27)18(25)17(24)19(26)21(22)28/h2-8,10H,9,11H2,1H3,(H,30,32). The zero-order chi connectivity index (χ0) is 24.4. The summed E-state index contributed by atoms with van der Waals surface area (Å²) in [5.41, 5.74) is 2.55. The number of nitrogens with one attached hydrogen (secondary N) is 1. The average molecular weight is 477 g/mol. The highest BCUT2D eigenvalue weighted by atomic mass is 19.2. The molecule has 2 aromatic heterocycles. The second kappa shape index (κ2) is 9.38. The lowest BCUT2D eigenvalue weighted by atomic mass is 10.1. The molecule has 0 unspecified atom stereocenters. The molecule has 0 atom stereocenters. The van der Waals surface area contributed by atoms with Crippen LogP contribution in [-0.4, -0.2) is 15.7 Å². The van der Waals surface area contributed by atoms with Crippen LogP contribution in [-0.2, 0) is 13.2 Å². The maximum absolute atomic E-state index is 13.7. The Morgan fingerprint density at radius 2 is 1.62 bits per heavy atom. The van der Waals surface area contributed by atoms with E-state index < -0.39 is 47.3 Å². The number of rotatable bonds is 7. The molecule has 2 aromatic carbocycles. The molecular weight excluding hydrogens is 461 g/mol. The number of hydrogen-bond acceptors (Lipinski definition) is 4. The monoisotopic (exact) mass is 477 g/mol. The number of furan rings is 1. The normalized spacial score (nSPS) is 11.0. The minimum Gasteiger partial charge on any atom is -0.479 e. The summed E-state index contributed by atoms with van der Waals surface area (Å²) < 4.78 is 78.6. The first kappa shape index (κ1) is 23.0. The van der Waals surface area contributed by atoms with Gasteiger partial charge in [-0.05, 0) is 24.6 Å². The fraction of sp³-hybridized carbons (Fsp3) is 0.130. The van der Waals surface area contributed by atoms with E-state index in [0.29, 0.717) is 12.2 Å². The van der Waals surface area contributed by atoms with Gasteiger partial charge in [0.1, 0.15) is 12.4 Å². The molecule has 4 aromatic rings. The summed E-state index contributed by atoms with van der Waals surface area (Å²) in [4.78, 5) is 12.4. The first-order chi connectivity index (χ1) is 16.2. The van der Waals surface area contributed by atoms with Crippen LogP contribution in [0.5, 0.6) is 5.75 Å². The number of anilines is 1. The lowest BCUT2D eigenvalue weighted by Gasteiger charge is -2.09.